The molecule has 0 unspecified atom stereocenters. The molecule has 9 heteroatoms. The average Bonchev–Trinajstić information content (AvgIpc) is 3.51. The van der Waals surface area contributed by atoms with Crippen molar-refractivity contribution in [2.75, 3.05) is 6.61 Å². The fourth-order valence-corrected chi connectivity index (χ4v) is 4.82. The van der Waals surface area contributed by atoms with E-state index in [0.29, 0.717) is 35.9 Å². The molecule has 3 aromatic rings. The second-order valence-electron chi connectivity index (χ2n) is 10.3. The molecule has 5 rings (SSSR count). The van der Waals surface area contributed by atoms with Crippen LogP contribution < -0.4 is 9.47 Å². The Labute approximate surface area is 216 Å². The van der Waals surface area contributed by atoms with E-state index in [-0.39, 0.29) is 34.8 Å². The summed E-state index contributed by atoms with van der Waals surface area (Å²) in [5, 5.41) is 20.3. The van der Waals surface area contributed by atoms with Crippen molar-refractivity contribution in [2.45, 2.75) is 76.2 Å². The van der Waals surface area contributed by atoms with Gasteiger partial charge in [0.1, 0.15) is 11.6 Å². The Hall–Kier alpha value is -3.04. The van der Waals surface area contributed by atoms with Gasteiger partial charge in [0.25, 0.3) is 0 Å². The van der Waals surface area contributed by atoms with Gasteiger partial charge in [0, 0.05) is 22.9 Å². The minimum Gasteiger partial charge on any atom is -0.395 e. The van der Waals surface area contributed by atoms with E-state index >= 15 is 4.39 Å². The number of ether oxygens (including phenoxy) is 2. The number of carbonyl (C=O) groups excluding carboxylic acids is 1. The van der Waals surface area contributed by atoms with Crippen LogP contribution in [0.5, 0.6) is 11.5 Å². The molecule has 0 spiro atoms. The van der Waals surface area contributed by atoms with Crippen LogP contribution in [-0.2, 0) is 28.5 Å². The van der Waals surface area contributed by atoms with E-state index in [1.165, 1.54) is 24.3 Å². The van der Waals surface area contributed by atoms with E-state index in [0.717, 1.165) is 10.6 Å². The first-order valence-electron chi connectivity index (χ1n) is 13.6. The van der Waals surface area contributed by atoms with E-state index < -0.39 is 42.1 Å². The van der Waals surface area contributed by atoms with Crippen molar-refractivity contribution < 1.29 is 41.8 Å². The van der Waals surface area contributed by atoms with Crippen molar-refractivity contribution in [3.05, 3.63) is 59.0 Å². The quantitative estimate of drug-likeness (QED) is 0.416. The predicted octanol–water partition coefficient (Wildman–Crippen LogP) is 4.99. The van der Waals surface area contributed by atoms with E-state index in [2.05, 4.69) is 9.47 Å². The van der Waals surface area contributed by atoms with Gasteiger partial charge in [0.2, 0.25) is 0 Å². The van der Waals surface area contributed by atoms with Gasteiger partial charge in [-0.2, -0.15) is 0 Å². The van der Waals surface area contributed by atoms with Crippen LogP contribution in [0.4, 0.5) is 13.2 Å². The maximum Gasteiger partial charge on any atom is 0.586 e. The first-order chi connectivity index (χ1) is 18.5. The molecule has 2 aromatic carbocycles. The Kier molecular flexibility index (Phi) is 5.21. The molecule has 0 amide bonds. The number of Topliss-reactive ketones (excluding diaryl/α,β-unsaturated/α-hetero) is 1. The molecule has 1 aliphatic heterocycles. The zero-order valence-electron chi connectivity index (χ0n) is 23.7. The van der Waals surface area contributed by atoms with Crippen molar-refractivity contribution >= 4 is 16.7 Å². The third-order valence-corrected chi connectivity index (χ3v) is 7.53. The van der Waals surface area contributed by atoms with Crippen LogP contribution in [0.1, 0.15) is 61.0 Å². The minimum absolute atomic E-state index is 0.0622. The smallest absolute Gasteiger partial charge is 0.395 e. The molecule has 0 bridgehead atoms. The lowest BCUT2D eigenvalue weighted by molar-refractivity contribution is -0.286. The molecule has 1 atom stereocenters. The van der Waals surface area contributed by atoms with Gasteiger partial charge in [-0.1, -0.05) is 26.8 Å². The minimum atomic E-state index is -3.79. The SMILES string of the molecule is [2H]C([2H])(n1c(C(C)(C)CC)cc2cc(CC(=O)C3(c4ccc5c(c4)OC(F)(F)O5)CC3)c(F)cc21)[C@]([2H])(O)CO. The van der Waals surface area contributed by atoms with Gasteiger partial charge in [0.15, 0.2) is 11.5 Å². The molecule has 1 saturated carbocycles. The number of fused-ring (bicyclic) bond motifs is 2. The van der Waals surface area contributed by atoms with Crippen LogP contribution in [-0.4, -0.2) is 39.5 Å². The molecular formula is C28H30F3NO5. The normalized spacial score (nSPS) is 20.7. The molecule has 198 valence electrons. The maximum atomic E-state index is 15.5. The number of hydrogen-bond donors (Lipinski definition) is 2. The van der Waals surface area contributed by atoms with Crippen molar-refractivity contribution in [1.82, 2.24) is 4.57 Å². The molecule has 0 radical (unpaired) electrons. The van der Waals surface area contributed by atoms with Crippen LogP contribution in [0.15, 0.2) is 36.4 Å². The number of halogens is 3. The number of rotatable bonds is 9. The zero-order valence-corrected chi connectivity index (χ0v) is 20.7. The molecule has 6 nitrogen and oxygen atoms in total. The van der Waals surface area contributed by atoms with Crippen molar-refractivity contribution in [3.63, 3.8) is 0 Å². The van der Waals surface area contributed by atoms with Crippen LogP contribution in [0.25, 0.3) is 10.9 Å². The summed E-state index contributed by atoms with van der Waals surface area (Å²) < 4.78 is 77.6. The van der Waals surface area contributed by atoms with E-state index in [1.54, 1.807) is 6.07 Å². The second-order valence-corrected chi connectivity index (χ2v) is 10.3. The molecular weight excluding hydrogens is 487 g/mol. The first-order valence-corrected chi connectivity index (χ1v) is 12.1. The van der Waals surface area contributed by atoms with Crippen LogP contribution in [0.2, 0.25) is 0 Å². The summed E-state index contributed by atoms with van der Waals surface area (Å²) in [4.78, 5) is 13.5. The topological polar surface area (TPSA) is 80.9 Å². The standard InChI is InChI=1S/C28H30F3NO5/c1-4-26(2,3)24-10-17-9-16(20(29)13-21(17)32(24)14-19(34)15-33)11-25(35)27(7-8-27)18-5-6-22-23(12-18)37-28(30,31)36-22/h5-6,9-10,12-13,19,33-34H,4,7-8,11,14-15H2,1-3H3/t19-/m0/s1/i14D2,19D. The van der Waals surface area contributed by atoms with Crippen molar-refractivity contribution in [1.29, 1.82) is 0 Å². The zero-order chi connectivity index (χ0) is 29.5. The molecule has 1 aliphatic carbocycles. The Balaban J connectivity index is 1.53. The highest BCUT2D eigenvalue weighted by atomic mass is 19.3. The third-order valence-electron chi connectivity index (χ3n) is 7.53. The highest BCUT2D eigenvalue weighted by Crippen LogP contribution is 2.52. The average molecular weight is 521 g/mol. The number of aliphatic hydroxyl groups is 2. The number of carbonyl (C=O) groups is 1. The summed E-state index contributed by atoms with van der Waals surface area (Å²) in [7, 11) is 0. The van der Waals surface area contributed by atoms with Gasteiger partial charge < -0.3 is 24.3 Å². The van der Waals surface area contributed by atoms with Crippen LogP contribution in [0.3, 0.4) is 0 Å². The Morgan fingerprint density at radius 3 is 2.57 bits per heavy atom. The summed E-state index contributed by atoms with van der Waals surface area (Å²) in [6.07, 6.45) is -5.54. The Morgan fingerprint density at radius 1 is 1.22 bits per heavy atom. The fourth-order valence-electron chi connectivity index (χ4n) is 4.82. The summed E-state index contributed by atoms with van der Waals surface area (Å²) >= 11 is 0. The van der Waals surface area contributed by atoms with Crippen LogP contribution in [0, 0.1) is 5.82 Å². The molecule has 1 aromatic heterocycles. The second kappa shape index (κ2) is 8.77. The van der Waals surface area contributed by atoms with Gasteiger partial charge >= 0.3 is 6.29 Å². The number of nitrogens with zero attached hydrogens (tertiary/aromatic N) is 1. The van der Waals surface area contributed by atoms with E-state index in [1.807, 2.05) is 20.8 Å². The molecule has 0 saturated heterocycles. The van der Waals surface area contributed by atoms with Gasteiger partial charge in [0.05, 0.1) is 34.2 Å². The van der Waals surface area contributed by atoms with Gasteiger partial charge in [-0.25, -0.2) is 4.39 Å². The first kappa shape index (κ1) is 22.0. The molecule has 2 aliphatic rings. The van der Waals surface area contributed by atoms with Gasteiger partial charge in [-0.3, -0.25) is 4.79 Å². The number of ketones is 1. The van der Waals surface area contributed by atoms with E-state index in [9.17, 15) is 23.8 Å². The van der Waals surface area contributed by atoms with Crippen molar-refractivity contribution in [3.8, 4) is 11.5 Å². The molecule has 1 fully saturated rings. The third kappa shape index (κ3) is 4.48. The lowest BCUT2D eigenvalue weighted by atomic mass is 9.86. The molecule has 2 heterocycles. The van der Waals surface area contributed by atoms with Crippen LogP contribution >= 0.6 is 0 Å². The summed E-state index contributed by atoms with van der Waals surface area (Å²) in [5.74, 6) is -1.39. The highest BCUT2D eigenvalue weighted by Gasteiger charge is 2.52. The summed E-state index contributed by atoms with van der Waals surface area (Å²) in [6, 6.07) is 8.36. The summed E-state index contributed by atoms with van der Waals surface area (Å²) in [5.41, 5.74) is -0.639. The number of aromatic nitrogens is 1. The lowest BCUT2D eigenvalue weighted by Gasteiger charge is -2.26. The Morgan fingerprint density at radius 2 is 1.92 bits per heavy atom. The number of benzene rings is 2. The largest absolute Gasteiger partial charge is 0.586 e. The predicted molar refractivity (Wildman–Crippen MR) is 131 cm³/mol. The van der Waals surface area contributed by atoms with Gasteiger partial charge in [-0.05, 0) is 60.7 Å². The van der Waals surface area contributed by atoms with Crippen molar-refractivity contribution in [2.24, 2.45) is 0 Å². The molecule has 37 heavy (non-hydrogen) atoms. The number of hydrogen-bond acceptors (Lipinski definition) is 5. The van der Waals surface area contributed by atoms with E-state index in [4.69, 9.17) is 4.11 Å². The lowest BCUT2D eigenvalue weighted by Crippen LogP contribution is -2.26. The fraction of sp³-hybridized carbons (Fsp3) is 0.464. The number of aliphatic hydroxyl groups excluding tert-OH is 1. The number of alkyl halides is 2. The molecule has 2 N–H and O–H groups in total. The summed E-state index contributed by atoms with van der Waals surface area (Å²) in [6.45, 7) is 1.54. The highest BCUT2D eigenvalue weighted by molar-refractivity contribution is 5.95. The monoisotopic (exact) mass is 520 g/mol. The Bertz CT molecular complexity index is 1510. The maximum absolute atomic E-state index is 15.5. The van der Waals surface area contributed by atoms with Gasteiger partial charge in [-0.15, -0.1) is 8.78 Å².